The molecule has 7 aromatic rings. The number of hydrogen-bond acceptors (Lipinski definition) is 4. The molecule has 0 bridgehead atoms. The molecular weight excluding hydrogens is 579 g/mol. The molecule has 3 nitrogen and oxygen atoms in total. The molecule has 1 N–H and O–H groups in total. The molecule has 0 spiro atoms. The van der Waals surface area contributed by atoms with E-state index in [1.807, 2.05) is 18.4 Å². The van der Waals surface area contributed by atoms with E-state index in [9.17, 15) is 0 Å². The molecule has 0 aliphatic carbocycles. The number of benzene rings is 6. The molecule has 220 valence electrons. The van der Waals surface area contributed by atoms with Gasteiger partial charge in [0.25, 0.3) is 0 Å². The maximum atomic E-state index is 5.54. The van der Waals surface area contributed by atoms with E-state index in [4.69, 9.17) is 4.99 Å². The monoisotopic (exact) mass is 609 g/mol. The lowest BCUT2D eigenvalue weighted by atomic mass is 9.97. The quantitative estimate of drug-likeness (QED) is 0.190. The van der Waals surface area contributed by atoms with Crippen LogP contribution in [0.5, 0.6) is 0 Å². The van der Waals surface area contributed by atoms with E-state index in [1.54, 1.807) is 0 Å². The van der Waals surface area contributed by atoms with Gasteiger partial charge in [-0.15, -0.1) is 11.3 Å². The van der Waals surface area contributed by atoms with E-state index in [0.29, 0.717) is 0 Å². The van der Waals surface area contributed by atoms with E-state index in [1.165, 1.54) is 36.9 Å². The molecule has 0 atom stereocenters. The molecule has 0 saturated carbocycles. The highest BCUT2D eigenvalue weighted by Crippen LogP contribution is 2.44. The molecule has 6 aromatic carbocycles. The Balaban J connectivity index is 1.33. The number of thiophene rings is 1. The van der Waals surface area contributed by atoms with Crippen molar-refractivity contribution in [3.63, 3.8) is 0 Å². The minimum absolute atomic E-state index is 0.842. The van der Waals surface area contributed by atoms with Gasteiger partial charge in [0.15, 0.2) is 0 Å². The topological polar surface area (TPSA) is 27.6 Å². The molecule has 8 rings (SSSR count). The van der Waals surface area contributed by atoms with E-state index in [2.05, 4.69) is 174 Å². The number of hydrogen-bond donors (Lipinski definition) is 1. The Morgan fingerprint density at radius 3 is 2.15 bits per heavy atom. The number of allylic oxidation sites excluding steroid dienone is 2. The average Bonchev–Trinajstić information content (AvgIpc) is 3.40. The number of anilines is 3. The first-order valence-electron chi connectivity index (χ1n) is 15.5. The van der Waals surface area contributed by atoms with Crippen LogP contribution in [0.4, 0.5) is 17.1 Å². The molecule has 4 heteroatoms. The van der Waals surface area contributed by atoms with Gasteiger partial charge in [-0.25, -0.2) is 4.99 Å². The van der Waals surface area contributed by atoms with Crippen molar-refractivity contribution in [2.45, 2.75) is 0 Å². The highest BCUT2D eigenvalue weighted by Gasteiger charge is 2.23. The van der Waals surface area contributed by atoms with Crippen molar-refractivity contribution < 1.29 is 0 Å². The molecule has 0 radical (unpaired) electrons. The van der Waals surface area contributed by atoms with Crippen LogP contribution in [0.1, 0.15) is 16.7 Å². The van der Waals surface area contributed by atoms with Crippen molar-refractivity contribution in [3.05, 3.63) is 180 Å². The lowest BCUT2D eigenvalue weighted by Gasteiger charge is -2.27. The van der Waals surface area contributed by atoms with Gasteiger partial charge in [-0.05, 0) is 47.5 Å². The van der Waals surface area contributed by atoms with Crippen molar-refractivity contribution in [2.24, 2.45) is 4.99 Å². The third-order valence-electron chi connectivity index (χ3n) is 8.50. The Labute approximate surface area is 273 Å². The van der Waals surface area contributed by atoms with Gasteiger partial charge in [-0.2, -0.15) is 0 Å². The van der Waals surface area contributed by atoms with E-state index in [0.717, 1.165) is 39.7 Å². The van der Waals surface area contributed by atoms with Crippen LogP contribution in [0.25, 0.3) is 37.4 Å². The number of rotatable bonds is 6. The second-order valence-electron chi connectivity index (χ2n) is 11.2. The largest absolute Gasteiger partial charge is 0.388 e. The Hall–Kier alpha value is -5.71. The number of fused-ring (bicyclic) bond motifs is 5. The van der Waals surface area contributed by atoms with E-state index < -0.39 is 0 Å². The molecular formula is C42H31N3S. The summed E-state index contributed by atoms with van der Waals surface area (Å²) in [4.78, 5) is 7.83. The van der Waals surface area contributed by atoms with Gasteiger partial charge in [-0.3, -0.25) is 4.90 Å². The molecule has 0 saturated heterocycles. The van der Waals surface area contributed by atoms with Gasteiger partial charge >= 0.3 is 0 Å². The van der Waals surface area contributed by atoms with Crippen molar-refractivity contribution in [3.8, 4) is 11.1 Å². The van der Waals surface area contributed by atoms with Gasteiger partial charge in [0, 0.05) is 55.3 Å². The smallest absolute Gasteiger partial charge is 0.138 e. The Morgan fingerprint density at radius 2 is 1.35 bits per heavy atom. The van der Waals surface area contributed by atoms with Gasteiger partial charge in [0.2, 0.25) is 0 Å². The summed E-state index contributed by atoms with van der Waals surface area (Å²) in [6.45, 7) is 0. The molecule has 0 amide bonds. The van der Waals surface area contributed by atoms with E-state index >= 15 is 0 Å². The van der Waals surface area contributed by atoms with Gasteiger partial charge in [-0.1, -0.05) is 127 Å². The highest BCUT2D eigenvalue weighted by molar-refractivity contribution is 7.26. The molecule has 1 aliphatic rings. The maximum Gasteiger partial charge on any atom is 0.138 e. The second-order valence-corrected chi connectivity index (χ2v) is 12.3. The summed E-state index contributed by atoms with van der Waals surface area (Å²) in [6, 6.07) is 51.4. The zero-order valence-corrected chi connectivity index (χ0v) is 26.2. The summed E-state index contributed by atoms with van der Waals surface area (Å²) in [5.41, 5.74) is 9.75. The second kappa shape index (κ2) is 12.0. The standard InChI is InChI=1S/C42H31N3S/c1-43-37-20-10-8-18-35(37)41(31-25-23-30(24-26-31)29-13-4-2-5-14-29)44-40-22-12-19-36-38(45(40)32-15-6-3-7-16-32)28-27-34-33-17-9-11-21-39(33)46-42(34)36/h2-28,43H,1H3/b44-41-. The minimum Gasteiger partial charge on any atom is -0.388 e. The number of nitrogens with zero attached hydrogens (tertiary/aromatic N) is 2. The van der Waals surface area contributed by atoms with Gasteiger partial charge in [0.05, 0.1) is 11.4 Å². The Kier molecular flexibility index (Phi) is 7.25. The average molecular weight is 610 g/mol. The number of aliphatic imine (C=N–C) groups is 1. The van der Waals surface area contributed by atoms with Crippen LogP contribution in [0.2, 0.25) is 0 Å². The van der Waals surface area contributed by atoms with Crippen LogP contribution in [-0.4, -0.2) is 12.8 Å². The predicted molar refractivity (Wildman–Crippen MR) is 199 cm³/mol. The zero-order chi connectivity index (χ0) is 30.9. The van der Waals surface area contributed by atoms with Crippen molar-refractivity contribution in [1.82, 2.24) is 0 Å². The summed E-state index contributed by atoms with van der Waals surface area (Å²) in [5, 5.41) is 5.98. The summed E-state index contributed by atoms with van der Waals surface area (Å²) < 4.78 is 2.58. The Morgan fingerprint density at radius 1 is 0.652 bits per heavy atom. The lowest BCUT2D eigenvalue weighted by Crippen LogP contribution is -2.18. The van der Waals surface area contributed by atoms with Crippen LogP contribution in [-0.2, 0) is 0 Å². The molecule has 1 aliphatic heterocycles. The van der Waals surface area contributed by atoms with Crippen LogP contribution < -0.4 is 10.2 Å². The first-order chi connectivity index (χ1) is 22.8. The van der Waals surface area contributed by atoms with Crippen molar-refractivity contribution in [2.75, 3.05) is 17.3 Å². The SMILES string of the molecule is CNc1ccccc1/C(=N\C1=CC=Cc2c(ccc3c2sc2ccccc23)N1c1ccccc1)c1ccc(-c2ccccc2)cc1. The fraction of sp³-hybridized carbons (Fsp3) is 0.0238. The number of nitrogens with one attached hydrogen (secondary N) is 1. The summed E-state index contributed by atoms with van der Waals surface area (Å²) in [7, 11) is 1.96. The molecule has 46 heavy (non-hydrogen) atoms. The molecule has 0 unspecified atom stereocenters. The Bertz CT molecular complexity index is 2280. The highest BCUT2D eigenvalue weighted by atomic mass is 32.1. The molecule has 0 fully saturated rings. The molecule has 2 heterocycles. The van der Waals surface area contributed by atoms with Crippen molar-refractivity contribution in [1.29, 1.82) is 0 Å². The fourth-order valence-electron chi connectivity index (χ4n) is 6.27. The van der Waals surface area contributed by atoms with Crippen LogP contribution in [0, 0.1) is 0 Å². The van der Waals surface area contributed by atoms with Crippen LogP contribution >= 0.6 is 11.3 Å². The van der Waals surface area contributed by atoms with Crippen LogP contribution in [0.15, 0.2) is 169 Å². The first-order valence-corrected chi connectivity index (χ1v) is 16.3. The van der Waals surface area contributed by atoms with E-state index in [-0.39, 0.29) is 0 Å². The lowest BCUT2D eigenvalue weighted by molar-refractivity contribution is 1.12. The predicted octanol–water partition coefficient (Wildman–Crippen LogP) is 11.3. The minimum atomic E-state index is 0.842. The van der Waals surface area contributed by atoms with Gasteiger partial charge in [0.1, 0.15) is 5.82 Å². The first kappa shape index (κ1) is 27.8. The number of para-hydroxylation sites is 2. The van der Waals surface area contributed by atoms with Crippen LogP contribution in [0.3, 0.4) is 0 Å². The molecule has 1 aromatic heterocycles. The summed E-state index contributed by atoms with van der Waals surface area (Å²) in [6.07, 6.45) is 6.51. The maximum absolute atomic E-state index is 5.54. The third kappa shape index (κ3) is 4.99. The zero-order valence-electron chi connectivity index (χ0n) is 25.4. The van der Waals surface area contributed by atoms with Gasteiger partial charge < -0.3 is 5.32 Å². The summed E-state index contributed by atoms with van der Waals surface area (Å²) in [5.74, 6) is 0.842. The third-order valence-corrected chi connectivity index (χ3v) is 9.72. The van der Waals surface area contributed by atoms with Crippen molar-refractivity contribution >= 4 is 60.4 Å². The summed E-state index contributed by atoms with van der Waals surface area (Å²) >= 11 is 1.85. The normalized spacial score (nSPS) is 13.0. The fourth-order valence-corrected chi connectivity index (χ4v) is 7.50.